The first-order valence-electron chi connectivity index (χ1n) is 6.72. The number of aliphatic hydroxyl groups excluding tert-OH is 1. The zero-order valence-electron chi connectivity index (χ0n) is 10.6. The van der Waals surface area contributed by atoms with Crippen LogP contribution in [0.15, 0.2) is 24.3 Å². The molecule has 96 valence electrons. The zero-order chi connectivity index (χ0) is 12.7. The highest BCUT2D eigenvalue weighted by atomic mass is 16.3. The molecule has 18 heavy (non-hydrogen) atoms. The van der Waals surface area contributed by atoms with Crippen molar-refractivity contribution in [3.63, 3.8) is 0 Å². The van der Waals surface area contributed by atoms with Crippen LogP contribution in [0.3, 0.4) is 0 Å². The van der Waals surface area contributed by atoms with E-state index in [1.165, 1.54) is 11.1 Å². The van der Waals surface area contributed by atoms with Gasteiger partial charge in [0.25, 0.3) is 0 Å². The van der Waals surface area contributed by atoms with Gasteiger partial charge in [0.05, 0.1) is 6.10 Å². The summed E-state index contributed by atoms with van der Waals surface area (Å²) >= 11 is 0. The van der Waals surface area contributed by atoms with Crippen molar-refractivity contribution >= 4 is 5.91 Å². The molecule has 0 saturated heterocycles. The van der Waals surface area contributed by atoms with Crippen LogP contribution >= 0.6 is 0 Å². The van der Waals surface area contributed by atoms with Gasteiger partial charge in [-0.3, -0.25) is 4.79 Å². The number of amides is 1. The zero-order valence-corrected chi connectivity index (χ0v) is 10.6. The molecule has 0 heterocycles. The van der Waals surface area contributed by atoms with Crippen LogP contribution in [0, 0.1) is 11.8 Å². The van der Waals surface area contributed by atoms with Crippen molar-refractivity contribution in [3.8, 4) is 0 Å². The quantitative estimate of drug-likeness (QED) is 0.847. The summed E-state index contributed by atoms with van der Waals surface area (Å²) in [6, 6.07) is 8.47. The van der Waals surface area contributed by atoms with E-state index in [1.807, 2.05) is 0 Å². The topological polar surface area (TPSA) is 49.3 Å². The summed E-state index contributed by atoms with van der Waals surface area (Å²) < 4.78 is 0. The minimum atomic E-state index is -0.470. The van der Waals surface area contributed by atoms with Gasteiger partial charge in [0.15, 0.2) is 0 Å². The van der Waals surface area contributed by atoms with E-state index in [1.54, 1.807) is 6.92 Å². The molecule has 2 aliphatic rings. The number of carbonyl (C=O) groups is 1. The highest BCUT2D eigenvalue weighted by Crippen LogP contribution is 2.59. The molecule has 1 amide bonds. The lowest BCUT2D eigenvalue weighted by Gasteiger charge is -2.13. The van der Waals surface area contributed by atoms with Crippen molar-refractivity contribution in [1.82, 2.24) is 5.32 Å². The summed E-state index contributed by atoms with van der Waals surface area (Å²) in [5.74, 6) is 1.19. The fraction of sp³-hybridized carbons (Fsp3) is 0.533. The summed E-state index contributed by atoms with van der Waals surface area (Å²) in [6.45, 7) is 2.05. The predicted molar refractivity (Wildman–Crippen MR) is 69.2 cm³/mol. The van der Waals surface area contributed by atoms with Crippen molar-refractivity contribution in [2.75, 3.05) is 6.54 Å². The lowest BCUT2D eigenvalue weighted by atomic mass is 9.92. The van der Waals surface area contributed by atoms with Crippen LogP contribution in [-0.4, -0.2) is 23.7 Å². The van der Waals surface area contributed by atoms with Gasteiger partial charge in [-0.1, -0.05) is 24.3 Å². The average molecular weight is 245 g/mol. The van der Waals surface area contributed by atoms with Gasteiger partial charge >= 0.3 is 0 Å². The Bertz CT molecular complexity index is 469. The van der Waals surface area contributed by atoms with E-state index in [-0.39, 0.29) is 11.8 Å². The van der Waals surface area contributed by atoms with Gasteiger partial charge in [-0.15, -0.1) is 0 Å². The van der Waals surface area contributed by atoms with Crippen LogP contribution in [0.5, 0.6) is 0 Å². The first-order valence-corrected chi connectivity index (χ1v) is 6.72. The number of hydrogen-bond donors (Lipinski definition) is 2. The smallest absolute Gasteiger partial charge is 0.224 e. The lowest BCUT2D eigenvalue weighted by Crippen LogP contribution is -2.32. The Balaban J connectivity index is 1.71. The Morgan fingerprint density at radius 1 is 1.50 bits per heavy atom. The van der Waals surface area contributed by atoms with Gasteiger partial charge < -0.3 is 10.4 Å². The van der Waals surface area contributed by atoms with Gasteiger partial charge in [0, 0.05) is 12.5 Å². The van der Waals surface area contributed by atoms with Crippen LogP contribution in [0.2, 0.25) is 0 Å². The lowest BCUT2D eigenvalue weighted by molar-refractivity contribution is -0.123. The molecule has 3 heteroatoms. The van der Waals surface area contributed by atoms with E-state index >= 15 is 0 Å². The van der Waals surface area contributed by atoms with Crippen LogP contribution < -0.4 is 5.32 Å². The second kappa shape index (κ2) is 4.39. The largest absolute Gasteiger partial charge is 0.392 e. The van der Waals surface area contributed by atoms with E-state index in [2.05, 4.69) is 29.6 Å². The SMILES string of the molecule is CC(O)CNC(=O)C1C2CCc3ccccc3C21. The second-order valence-electron chi connectivity index (χ2n) is 5.55. The molecule has 4 unspecified atom stereocenters. The molecule has 4 atom stereocenters. The molecule has 3 nitrogen and oxygen atoms in total. The predicted octanol–water partition coefficient (Wildman–Crippen LogP) is 1.46. The van der Waals surface area contributed by atoms with Crippen molar-refractivity contribution in [1.29, 1.82) is 0 Å². The first kappa shape index (κ1) is 11.7. The van der Waals surface area contributed by atoms with Gasteiger partial charge in [0.1, 0.15) is 0 Å². The van der Waals surface area contributed by atoms with E-state index in [9.17, 15) is 9.90 Å². The van der Waals surface area contributed by atoms with E-state index in [0.717, 1.165) is 12.8 Å². The first-order chi connectivity index (χ1) is 8.68. The summed E-state index contributed by atoms with van der Waals surface area (Å²) in [5.41, 5.74) is 2.77. The van der Waals surface area contributed by atoms with Crippen LogP contribution in [-0.2, 0) is 11.2 Å². The molecule has 1 aromatic rings. The Hall–Kier alpha value is -1.35. The van der Waals surface area contributed by atoms with Crippen LogP contribution in [0.1, 0.15) is 30.4 Å². The number of fused-ring (bicyclic) bond motifs is 3. The Kier molecular flexibility index (Phi) is 2.86. The van der Waals surface area contributed by atoms with E-state index in [4.69, 9.17) is 0 Å². The number of hydrogen-bond acceptors (Lipinski definition) is 2. The fourth-order valence-corrected chi connectivity index (χ4v) is 3.29. The van der Waals surface area contributed by atoms with Gasteiger partial charge in [0.2, 0.25) is 5.91 Å². The number of rotatable bonds is 3. The van der Waals surface area contributed by atoms with Crippen molar-refractivity contribution in [3.05, 3.63) is 35.4 Å². The average Bonchev–Trinajstić information content (AvgIpc) is 3.10. The minimum Gasteiger partial charge on any atom is -0.392 e. The molecule has 0 spiro atoms. The van der Waals surface area contributed by atoms with Crippen molar-refractivity contribution in [2.24, 2.45) is 11.8 Å². The highest BCUT2D eigenvalue weighted by Gasteiger charge is 2.56. The number of carbonyl (C=O) groups excluding carboxylic acids is 1. The van der Waals surface area contributed by atoms with Crippen molar-refractivity contribution < 1.29 is 9.90 Å². The number of benzene rings is 1. The Morgan fingerprint density at radius 2 is 2.28 bits per heavy atom. The Morgan fingerprint density at radius 3 is 3.06 bits per heavy atom. The molecule has 2 N–H and O–H groups in total. The van der Waals surface area contributed by atoms with E-state index < -0.39 is 6.10 Å². The third-order valence-corrected chi connectivity index (χ3v) is 4.20. The molecule has 0 bridgehead atoms. The van der Waals surface area contributed by atoms with Crippen LogP contribution in [0.25, 0.3) is 0 Å². The Labute approximate surface area is 107 Å². The normalized spacial score (nSPS) is 30.0. The number of aryl methyl sites for hydroxylation is 1. The molecular weight excluding hydrogens is 226 g/mol. The maximum Gasteiger partial charge on any atom is 0.224 e. The molecule has 1 aromatic carbocycles. The molecule has 3 rings (SSSR count). The minimum absolute atomic E-state index is 0.114. The monoisotopic (exact) mass is 245 g/mol. The number of aliphatic hydroxyl groups is 1. The highest BCUT2D eigenvalue weighted by molar-refractivity contribution is 5.84. The third-order valence-electron chi connectivity index (χ3n) is 4.20. The second-order valence-corrected chi connectivity index (χ2v) is 5.55. The third kappa shape index (κ3) is 1.93. The maximum absolute atomic E-state index is 12.1. The molecule has 1 saturated carbocycles. The summed E-state index contributed by atoms with van der Waals surface area (Å²) in [5, 5.41) is 12.0. The summed E-state index contributed by atoms with van der Waals surface area (Å²) in [6.07, 6.45) is 1.74. The van der Waals surface area contributed by atoms with Crippen LogP contribution in [0.4, 0.5) is 0 Å². The van der Waals surface area contributed by atoms with Crippen molar-refractivity contribution in [2.45, 2.75) is 31.8 Å². The molecule has 1 fully saturated rings. The number of nitrogens with one attached hydrogen (secondary N) is 1. The molecule has 2 aliphatic carbocycles. The molecular formula is C15H19NO2. The fourth-order valence-electron chi connectivity index (χ4n) is 3.29. The maximum atomic E-state index is 12.1. The van der Waals surface area contributed by atoms with Gasteiger partial charge in [-0.25, -0.2) is 0 Å². The summed E-state index contributed by atoms with van der Waals surface area (Å²) in [7, 11) is 0. The standard InChI is InChI=1S/C15H19NO2/c1-9(17)8-16-15(18)14-12-7-6-10-4-2-3-5-11(10)13(12)14/h2-5,9,12-14,17H,6-8H2,1H3,(H,16,18). The van der Waals surface area contributed by atoms with E-state index in [0.29, 0.717) is 18.4 Å². The molecule has 0 aliphatic heterocycles. The van der Waals surface area contributed by atoms with Gasteiger partial charge in [-0.05, 0) is 42.7 Å². The molecule has 0 aromatic heterocycles. The molecule has 0 radical (unpaired) electrons. The summed E-state index contributed by atoms with van der Waals surface area (Å²) in [4.78, 5) is 12.1. The van der Waals surface area contributed by atoms with Gasteiger partial charge in [-0.2, -0.15) is 0 Å².